The van der Waals surface area contributed by atoms with Crippen LogP contribution in [0, 0.1) is 4.77 Å². The van der Waals surface area contributed by atoms with Crippen LogP contribution in [-0.2, 0) is 10.1 Å². The van der Waals surface area contributed by atoms with Crippen molar-refractivity contribution in [1.29, 1.82) is 0 Å². The Morgan fingerprint density at radius 2 is 1.82 bits per heavy atom. The summed E-state index contributed by atoms with van der Waals surface area (Å²) in [6.07, 6.45) is 0. The smallest absolute Gasteiger partial charge is 0.294 e. The van der Waals surface area contributed by atoms with Gasteiger partial charge in [-0.15, -0.1) is 0 Å². The molecule has 3 aromatic rings. The lowest BCUT2D eigenvalue weighted by molar-refractivity contribution is 0.483. The molecule has 2 aromatic carbocycles. The van der Waals surface area contributed by atoms with Gasteiger partial charge in [-0.05, 0) is 42.5 Å². The highest BCUT2D eigenvalue weighted by molar-refractivity contribution is 7.85. The molecule has 1 heterocycles. The number of aromatic nitrogens is 2. The van der Waals surface area contributed by atoms with Crippen LogP contribution in [0.2, 0.25) is 0 Å². The topological polar surface area (TPSA) is 92.2 Å². The number of hydrogen-bond acceptors (Lipinski definition) is 4. The van der Waals surface area contributed by atoms with Crippen molar-refractivity contribution in [1.82, 2.24) is 9.55 Å². The maximum atomic E-state index is 12.6. The fraction of sp³-hybridized carbons (Fsp3) is 0. The number of aromatic amines is 1. The van der Waals surface area contributed by atoms with Gasteiger partial charge in [-0.25, -0.2) is 0 Å². The Balaban J connectivity index is 2.37. The zero-order valence-corrected chi connectivity index (χ0v) is 12.7. The fourth-order valence-electron chi connectivity index (χ4n) is 2.18. The number of nitrogens with one attached hydrogen (secondary N) is 1. The zero-order valence-electron chi connectivity index (χ0n) is 11.1. The van der Waals surface area contributed by atoms with Crippen LogP contribution >= 0.6 is 12.2 Å². The second-order valence-corrected chi connectivity index (χ2v) is 6.40. The van der Waals surface area contributed by atoms with Crippen molar-refractivity contribution in [3.63, 3.8) is 0 Å². The summed E-state index contributed by atoms with van der Waals surface area (Å²) in [6, 6.07) is 12.3. The molecular formula is C14H10N2O4S2. The van der Waals surface area contributed by atoms with E-state index in [0.29, 0.717) is 10.9 Å². The Bertz CT molecular complexity index is 1100. The molecule has 8 heteroatoms. The molecule has 0 saturated carbocycles. The minimum Gasteiger partial charge on any atom is -0.331 e. The van der Waals surface area contributed by atoms with Crippen molar-refractivity contribution in [2.24, 2.45) is 0 Å². The Kier molecular flexibility index (Phi) is 3.44. The molecule has 22 heavy (non-hydrogen) atoms. The molecule has 0 aliphatic heterocycles. The van der Waals surface area contributed by atoms with Crippen LogP contribution in [-0.4, -0.2) is 22.5 Å². The molecule has 0 saturated heterocycles. The molecule has 0 aliphatic rings. The molecule has 0 spiro atoms. The minimum atomic E-state index is -4.36. The van der Waals surface area contributed by atoms with Crippen LogP contribution in [0.15, 0.2) is 58.2 Å². The van der Waals surface area contributed by atoms with Crippen LogP contribution in [0.1, 0.15) is 0 Å². The number of benzene rings is 2. The number of hydrogen-bond donors (Lipinski definition) is 2. The van der Waals surface area contributed by atoms with E-state index in [0.717, 1.165) is 0 Å². The second kappa shape index (κ2) is 5.16. The lowest BCUT2D eigenvalue weighted by Crippen LogP contribution is -2.20. The third-order valence-electron chi connectivity index (χ3n) is 3.18. The summed E-state index contributed by atoms with van der Waals surface area (Å²) >= 11 is 5.18. The van der Waals surface area contributed by atoms with E-state index in [1.807, 2.05) is 0 Å². The van der Waals surface area contributed by atoms with Crippen molar-refractivity contribution in [3.05, 3.63) is 63.7 Å². The van der Waals surface area contributed by atoms with Gasteiger partial charge in [0.05, 0.1) is 21.5 Å². The summed E-state index contributed by atoms with van der Waals surface area (Å²) in [7, 11) is -4.36. The number of para-hydroxylation sites is 1. The first-order chi connectivity index (χ1) is 10.4. The standard InChI is InChI=1S/C14H10N2O4S2/c17-13-11-6-1-2-7-12(11)15-14(21)16(13)9-4-3-5-10(8-9)22(18,19)20/h1-8H,(H,15,21)(H,18,19,20). The lowest BCUT2D eigenvalue weighted by Gasteiger charge is -2.09. The van der Waals surface area contributed by atoms with Gasteiger partial charge in [0.25, 0.3) is 15.7 Å². The molecule has 0 amide bonds. The predicted molar refractivity (Wildman–Crippen MR) is 84.5 cm³/mol. The average molecular weight is 334 g/mol. The number of fused-ring (bicyclic) bond motifs is 1. The molecule has 0 radical (unpaired) electrons. The zero-order chi connectivity index (χ0) is 15.9. The van der Waals surface area contributed by atoms with Gasteiger partial charge in [0.15, 0.2) is 4.77 Å². The van der Waals surface area contributed by atoms with Crippen molar-refractivity contribution in [3.8, 4) is 5.69 Å². The first kappa shape index (κ1) is 14.6. The molecule has 3 rings (SSSR count). The molecule has 0 unspecified atom stereocenters. The quantitative estimate of drug-likeness (QED) is 0.554. The highest BCUT2D eigenvalue weighted by Gasteiger charge is 2.12. The normalized spacial score (nSPS) is 11.7. The van der Waals surface area contributed by atoms with Crippen LogP contribution in [0.25, 0.3) is 16.6 Å². The van der Waals surface area contributed by atoms with Crippen molar-refractivity contribution >= 4 is 33.2 Å². The first-order valence-electron chi connectivity index (χ1n) is 6.20. The van der Waals surface area contributed by atoms with Crippen molar-refractivity contribution < 1.29 is 13.0 Å². The van der Waals surface area contributed by atoms with Gasteiger partial charge in [0, 0.05) is 0 Å². The highest BCUT2D eigenvalue weighted by atomic mass is 32.2. The Morgan fingerprint density at radius 1 is 1.09 bits per heavy atom. The summed E-state index contributed by atoms with van der Waals surface area (Å²) in [5.74, 6) is 0. The van der Waals surface area contributed by atoms with Crippen LogP contribution in [0.5, 0.6) is 0 Å². The van der Waals surface area contributed by atoms with Crippen molar-refractivity contribution in [2.75, 3.05) is 0 Å². The molecule has 0 bridgehead atoms. The Labute approximate surface area is 130 Å². The molecule has 2 N–H and O–H groups in total. The molecular weight excluding hydrogens is 324 g/mol. The maximum absolute atomic E-state index is 12.6. The fourth-order valence-corrected chi connectivity index (χ4v) is 3.00. The van der Waals surface area contributed by atoms with E-state index < -0.39 is 10.1 Å². The van der Waals surface area contributed by atoms with E-state index in [4.69, 9.17) is 16.8 Å². The molecule has 6 nitrogen and oxygen atoms in total. The molecule has 112 valence electrons. The van der Waals surface area contributed by atoms with Gasteiger partial charge in [-0.3, -0.25) is 13.9 Å². The SMILES string of the molecule is O=c1c2ccccc2[nH]c(=S)n1-c1cccc(S(=O)(=O)O)c1. The van der Waals surface area contributed by atoms with Crippen molar-refractivity contribution in [2.45, 2.75) is 4.90 Å². The third kappa shape index (κ3) is 2.47. The second-order valence-electron chi connectivity index (χ2n) is 4.59. The largest absolute Gasteiger partial charge is 0.331 e. The van der Waals surface area contributed by atoms with E-state index in [1.165, 1.54) is 28.8 Å². The van der Waals surface area contributed by atoms with Gasteiger partial charge in [-0.1, -0.05) is 18.2 Å². The summed E-state index contributed by atoms with van der Waals surface area (Å²) in [6.45, 7) is 0. The number of nitrogens with zero attached hydrogens (tertiary/aromatic N) is 1. The van der Waals surface area contributed by atoms with E-state index in [9.17, 15) is 13.2 Å². The molecule has 0 fully saturated rings. The Hall–Kier alpha value is -2.29. The van der Waals surface area contributed by atoms with Gasteiger partial charge in [-0.2, -0.15) is 8.42 Å². The van der Waals surface area contributed by atoms with E-state index in [2.05, 4.69) is 4.98 Å². The number of rotatable bonds is 2. The maximum Gasteiger partial charge on any atom is 0.294 e. The average Bonchev–Trinajstić information content (AvgIpc) is 2.47. The summed E-state index contributed by atoms with van der Waals surface area (Å²) in [4.78, 5) is 15.2. The summed E-state index contributed by atoms with van der Waals surface area (Å²) in [5, 5.41) is 0.424. The van der Waals surface area contributed by atoms with E-state index in [-0.39, 0.29) is 20.9 Å². The van der Waals surface area contributed by atoms with E-state index >= 15 is 0 Å². The van der Waals surface area contributed by atoms with Gasteiger partial charge >= 0.3 is 0 Å². The molecule has 1 aromatic heterocycles. The van der Waals surface area contributed by atoms with Gasteiger partial charge < -0.3 is 4.98 Å². The third-order valence-corrected chi connectivity index (χ3v) is 4.31. The summed E-state index contributed by atoms with van der Waals surface area (Å²) in [5.41, 5.74) is 0.485. The summed E-state index contributed by atoms with van der Waals surface area (Å²) < 4.78 is 32.9. The predicted octanol–water partition coefficient (Wildman–Crippen LogP) is 2.29. The molecule has 0 atom stereocenters. The van der Waals surface area contributed by atoms with E-state index in [1.54, 1.807) is 24.3 Å². The first-order valence-corrected chi connectivity index (χ1v) is 8.05. The highest BCUT2D eigenvalue weighted by Crippen LogP contribution is 2.15. The van der Waals surface area contributed by atoms with Gasteiger partial charge in [0.1, 0.15) is 0 Å². The van der Waals surface area contributed by atoms with Crippen LogP contribution in [0.3, 0.4) is 0 Å². The van der Waals surface area contributed by atoms with Crippen LogP contribution < -0.4 is 5.56 Å². The van der Waals surface area contributed by atoms with Gasteiger partial charge in [0.2, 0.25) is 0 Å². The molecule has 0 aliphatic carbocycles. The Morgan fingerprint density at radius 3 is 2.55 bits per heavy atom. The minimum absolute atomic E-state index is 0.135. The number of H-pyrrole nitrogens is 1. The lowest BCUT2D eigenvalue weighted by atomic mass is 10.2. The van der Waals surface area contributed by atoms with Crippen LogP contribution in [0.4, 0.5) is 0 Å². The monoisotopic (exact) mass is 334 g/mol.